The van der Waals surface area contributed by atoms with Crippen molar-refractivity contribution < 1.29 is 0 Å². The van der Waals surface area contributed by atoms with Gasteiger partial charge in [-0.05, 0) is 43.4 Å². The van der Waals surface area contributed by atoms with Crippen LogP contribution in [-0.4, -0.2) is 0 Å². The van der Waals surface area contributed by atoms with Crippen molar-refractivity contribution >= 4 is 0 Å². The van der Waals surface area contributed by atoms with Gasteiger partial charge in [-0.25, -0.2) is 0 Å². The summed E-state index contributed by atoms with van der Waals surface area (Å²) in [5, 5.41) is 0. The third-order valence-electron chi connectivity index (χ3n) is 3.96. The van der Waals surface area contributed by atoms with Gasteiger partial charge >= 0.3 is 0 Å². The standard InChI is InChI=1S/C15H25N/c1-6-13(7-2)15(5,16)14-9-8-11(3)12(4)10-14/h8-10,13H,6-7,16H2,1-5H3. The molecule has 1 atom stereocenters. The Morgan fingerprint density at radius 1 is 1.12 bits per heavy atom. The van der Waals surface area contributed by atoms with Gasteiger partial charge in [0.05, 0.1) is 0 Å². The first-order valence-corrected chi connectivity index (χ1v) is 6.30. The lowest BCUT2D eigenvalue weighted by atomic mass is 9.77. The third-order valence-corrected chi connectivity index (χ3v) is 3.96. The predicted octanol–water partition coefficient (Wildman–Crippen LogP) is 3.91. The molecule has 0 bridgehead atoms. The average Bonchev–Trinajstić information content (AvgIpc) is 2.23. The molecule has 1 aromatic carbocycles. The van der Waals surface area contributed by atoms with Crippen LogP contribution >= 0.6 is 0 Å². The molecule has 0 aliphatic carbocycles. The molecule has 1 heteroatoms. The minimum absolute atomic E-state index is 0.206. The van der Waals surface area contributed by atoms with Gasteiger partial charge < -0.3 is 5.73 Å². The quantitative estimate of drug-likeness (QED) is 0.816. The molecular weight excluding hydrogens is 194 g/mol. The molecule has 0 aliphatic heterocycles. The number of benzene rings is 1. The maximum absolute atomic E-state index is 6.52. The molecule has 0 saturated heterocycles. The van der Waals surface area contributed by atoms with E-state index in [0.717, 1.165) is 12.8 Å². The summed E-state index contributed by atoms with van der Waals surface area (Å²) in [6.07, 6.45) is 2.27. The second-order valence-electron chi connectivity index (χ2n) is 5.10. The fourth-order valence-electron chi connectivity index (χ4n) is 2.45. The van der Waals surface area contributed by atoms with Crippen LogP contribution in [0.25, 0.3) is 0 Å². The molecule has 0 heterocycles. The molecule has 90 valence electrons. The number of aryl methyl sites for hydroxylation is 2. The Kier molecular flexibility index (Phi) is 4.15. The number of hydrogen-bond donors (Lipinski definition) is 1. The lowest BCUT2D eigenvalue weighted by molar-refractivity contribution is 0.282. The Labute approximate surface area is 100 Å². The van der Waals surface area contributed by atoms with Gasteiger partial charge in [0.15, 0.2) is 0 Å². The highest BCUT2D eigenvalue weighted by Crippen LogP contribution is 2.32. The minimum Gasteiger partial charge on any atom is -0.321 e. The first kappa shape index (κ1) is 13.2. The van der Waals surface area contributed by atoms with Crippen LogP contribution in [0, 0.1) is 19.8 Å². The van der Waals surface area contributed by atoms with E-state index in [4.69, 9.17) is 5.73 Å². The first-order chi connectivity index (χ1) is 7.43. The fraction of sp³-hybridized carbons (Fsp3) is 0.600. The summed E-state index contributed by atoms with van der Waals surface area (Å²) in [5.74, 6) is 0.551. The third kappa shape index (κ3) is 2.46. The molecule has 0 radical (unpaired) electrons. The van der Waals surface area contributed by atoms with Gasteiger partial charge in [0.2, 0.25) is 0 Å². The normalized spacial score (nSPS) is 15.2. The van der Waals surface area contributed by atoms with Crippen LogP contribution in [0.2, 0.25) is 0 Å². The van der Waals surface area contributed by atoms with Crippen molar-refractivity contribution in [1.29, 1.82) is 0 Å². The van der Waals surface area contributed by atoms with Crippen molar-refractivity contribution in [1.82, 2.24) is 0 Å². The van der Waals surface area contributed by atoms with E-state index in [1.165, 1.54) is 16.7 Å². The molecule has 1 unspecified atom stereocenters. The van der Waals surface area contributed by atoms with Crippen LogP contribution in [0.1, 0.15) is 50.3 Å². The van der Waals surface area contributed by atoms with E-state index in [9.17, 15) is 0 Å². The van der Waals surface area contributed by atoms with Crippen LogP contribution in [0.5, 0.6) is 0 Å². The molecule has 16 heavy (non-hydrogen) atoms. The van der Waals surface area contributed by atoms with E-state index in [2.05, 4.69) is 52.8 Å². The second kappa shape index (κ2) is 5.01. The monoisotopic (exact) mass is 219 g/mol. The Morgan fingerprint density at radius 2 is 1.69 bits per heavy atom. The first-order valence-electron chi connectivity index (χ1n) is 6.30. The zero-order valence-corrected chi connectivity index (χ0v) is 11.3. The highest BCUT2D eigenvalue weighted by atomic mass is 14.7. The highest BCUT2D eigenvalue weighted by Gasteiger charge is 2.29. The summed E-state index contributed by atoms with van der Waals surface area (Å²) in [5.41, 5.74) is 10.3. The predicted molar refractivity (Wildman–Crippen MR) is 71.5 cm³/mol. The van der Waals surface area contributed by atoms with E-state index < -0.39 is 0 Å². The summed E-state index contributed by atoms with van der Waals surface area (Å²) in [4.78, 5) is 0. The molecular formula is C15H25N. The number of hydrogen-bond acceptors (Lipinski definition) is 1. The minimum atomic E-state index is -0.206. The highest BCUT2D eigenvalue weighted by molar-refractivity contribution is 5.34. The van der Waals surface area contributed by atoms with Crippen LogP contribution in [0.4, 0.5) is 0 Å². The zero-order valence-electron chi connectivity index (χ0n) is 11.3. The van der Waals surface area contributed by atoms with Crippen LogP contribution in [0.15, 0.2) is 18.2 Å². The maximum atomic E-state index is 6.52. The van der Waals surface area contributed by atoms with Crippen molar-refractivity contribution in [3.05, 3.63) is 34.9 Å². The Bertz CT molecular complexity index is 348. The fourth-order valence-corrected chi connectivity index (χ4v) is 2.45. The van der Waals surface area contributed by atoms with E-state index in [0.29, 0.717) is 5.92 Å². The van der Waals surface area contributed by atoms with Gasteiger partial charge in [-0.2, -0.15) is 0 Å². The topological polar surface area (TPSA) is 26.0 Å². The largest absolute Gasteiger partial charge is 0.321 e. The van der Waals surface area contributed by atoms with Crippen molar-refractivity contribution in [3.8, 4) is 0 Å². The molecule has 1 nitrogen and oxygen atoms in total. The molecule has 1 rings (SSSR count). The van der Waals surface area contributed by atoms with Gasteiger partial charge in [-0.15, -0.1) is 0 Å². The van der Waals surface area contributed by atoms with Crippen molar-refractivity contribution in [3.63, 3.8) is 0 Å². The molecule has 0 saturated carbocycles. The molecule has 2 N–H and O–H groups in total. The Morgan fingerprint density at radius 3 is 2.12 bits per heavy atom. The Balaban J connectivity index is 3.10. The number of rotatable bonds is 4. The van der Waals surface area contributed by atoms with Gasteiger partial charge in [0.1, 0.15) is 0 Å². The maximum Gasteiger partial charge on any atom is 0.0409 e. The van der Waals surface area contributed by atoms with Crippen molar-refractivity contribution in [2.24, 2.45) is 11.7 Å². The van der Waals surface area contributed by atoms with Crippen LogP contribution in [0.3, 0.4) is 0 Å². The van der Waals surface area contributed by atoms with Crippen molar-refractivity contribution in [2.75, 3.05) is 0 Å². The summed E-state index contributed by atoms with van der Waals surface area (Å²) in [7, 11) is 0. The summed E-state index contributed by atoms with van der Waals surface area (Å²) in [6, 6.07) is 6.60. The van der Waals surface area contributed by atoms with E-state index in [1.54, 1.807) is 0 Å². The summed E-state index contributed by atoms with van der Waals surface area (Å²) >= 11 is 0. The molecule has 1 aromatic rings. The number of nitrogens with two attached hydrogens (primary N) is 1. The van der Waals surface area contributed by atoms with Gasteiger partial charge in [0, 0.05) is 5.54 Å². The molecule has 0 spiro atoms. The molecule has 0 amide bonds. The second-order valence-corrected chi connectivity index (χ2v) is 5.10. The van der Waals surface area contributed by atoms with E-state index in [1.807, 2.05) is 0 Å². The Hall–Kier alpha value is -0.820. The molecule has 0 fully saturated rings. The lowest BCUT2D eigenvalue weighted by Crippen LogP contribution is -2.40. The SMILES string of the molecule is CCC(CC)C(C)(N)c1ccc(C)c(C)c1. The van der Waals surface area contributed by atoms with Crippen LogP contribution < -0.4 is 5.73 Å². The molecule has 0 aromatic heterocycles. The average molecular weight is 219 g/mol. The van der Waals surface area contributed by atoms with E-state index in [-0.39, 0.29) is 5.54 Å². The van der Waals surface area contributed by atoms with Gasteiger partial charge in [-0.3, -0.25) is 0 Å². The van der Waals surface area contributed by atoms with E-state index >= 15 is 0 Å². The lowest BCUT2D eigenvalue weighted by Gasteiger charge is -2.34. The van der Waals surface area contributed by atoms with Gasteiger partial charge in [0.25, 0.3) is 0 Å². The summed E-state index contributed by atoms with van der Waals surface area (Å²) in [6.45, 7) is 10.9. The summed E-state index contributed by atoms with van der Waals surface area (Å²) < 4.78 is 0. The van der Waals surface area contributed by atoms with Gasteiger partial charge in [-0.1, -0.05) is 44.9 Å². The molecule has 0 aliphatic rings. The van der Waals surface area contributed by atoms with Crippen molar-refractivity contribution in [2.45, 2.75) is 53.0 Å². The zero-order chi connectivity index (χ0) is 12.3. The smallest absolute Gasteiger partial charge is 0.0409 e. The van der Waals surface area contributed by atoms with Crippen LogP contribution in [-0.2, 0) is 5.54 Å².